The third kappa shape index (κ3) is 10.1. The summed E-state index contributed by atoms with van der Waals surface area (Å²) in [5.74, 6) is 1.46. The van der Waals surface area contributed by atoms with Crippen molar-refractivity contribution in [2.24, 2.45) is 9.98 Å². The zero-order chi connectivity index (χ0) is 33.7. The number of ether oxygens (including phenoxy) is 2. The fraction of sp³-hybridized carbons (Fsp3) is 0.163. The summed E-state index contributed by atoms with van der Waals surface area (Å²) >= 11 is 0. The van der Waals surface area contributed by atoms with E-state index in [-0.39, 0.29) is 12.1 Å². The second kappa shape index (κ2) is 16.8. The molecule has 0 fully saturated rings. The number of aliphatic imine (C=N–C) groups is 2. The van der Waals surface area contributed by atoms with Crippen molar-refractivity contribution in [3.05, 3.63) is 191 Å². The maximum absolute atomic E-state index is 5.98. The first-order valence-electron chi connectivity index (χ1n) is 16.6. The van der Waals surface area contributed by atoms with Crippen molar-refractivity contribution < 1.29 is 9.47 Å². The van der Waals surface area contributed by atoms with E-state index in [1.807, 2.05) is 73.1 Å². The van der Waals surface area contributed by atoms with E-state index in [0.29, 0.717) is 13.2 Å². The van der Waals surface area contributed by atoms with Crippen molar-refractivity contribution in [1.29, 1.82) is 0 Å². The highest BCUT2D eigenvalue weighted by Gasteiger charge is 2.05. The molecule has 6 rings (SSSR count). The third-order valence-corrected chi connectivity index (χ3v) is 8.21. The van der Waals surface area contributed by atoms with Gasteiger partial charge in [-0.3, -0.25) is 20.0 Å². The first-order chi connectivity index (χ1) is 24.1. The molecule has 2 aromatic heterocycles. The highest BCUT2D eigenvalue weighted by Crippen LogP contribution is 2.19. The number of nitrogens with zero attached hydrogens (tertiary/aromatic N) is 4. The molecule has 0 unspecified atom stereocenters. The van der Waals surface area contributed by atoms with E-state index in [1.54, 1.807) is 12.4 Å². The van der Waals surface area contributed by atoms with Crippen molar-refractivity contribution in [3.63, 3.8) is 0 Å². The zero-order valence-corrected chi connectivity index (χ0v) is 27.9. The minimum atomic E-state index is 0.0788. The summed E-state index contributed by atoms with van der Waals surface area (Å²) in [6.45, 7) is 5.11. The van der Waals surface area contributed by atoms with E-state index < -0.39 is 0 Å². The maximum Gasteiger partial charge on any atom is 0.138 e. The molecule has 0 spiro atoms. The lowest BCUT2D eigenvalue weighted by atomic mass is 10.0. The Bertz CT molecular complexity index is 1780. The van der Waals surface area contributed by atoms with E-state index in [2.05, 4.69) is 107 Å². The maximum atomic E-state index is 5.98. The largest absolute Gasteiger partial charge is 0.487 e. The van der Waals surface area contributed by atoms with Gasteiger partial charge < -0.3 is 9.47 Å². The SMILES string of the molecule is C[C@@H](/N=C/c1ccc(OCc2ccc(Cc3ccc(COc4ccc(/C=N/[C@H](C)c5ccccc5)nc4)cc3)cc2)cn1)c1ccccc1. The van der Waals surface area contributed by atoms with Crippen molar-refractivity contribution in [2.75, 3.05) is 0 Å². The molecule has 0 bridgehead atoms. The van der Waals surface area contributed by atoms with E-state index in [9.17, 15) is 0 Å². The van der Waals surface area contributed by atoms with Crippen LogP contribution in [-0.2, 0) is 19.6 Å². The van der Waals surface area contributed by atoms with Gasteiger partial charge in [-0.1, -0.05) is 109 Å². The number of rotatable bonds is 14. The molecule has 0 aliphatic carbocycles. The highest BCUT2D eigenvalue weighted by atomic mass is 16.5. The minimum Gasteiger partial charge on any atom is -0.487 e. The van der Waals surface area contributed by atoms with Crippen molar-refractivity contribution in [3.8, 4) is 11.5 Å². The predicted molar refractivity (Wildman–Crippen MR) is 198 cm³/mol. The Balaban J connectivity index is 0.922. The molecule has 0 aliphatic heterocycles. The van der Waals surface area contributed by atoms with Gasteiger partial charge in [0.1, 0.15) is 24.7 Å². The standard InChI is InChI=1S/C43H40N4O2/c1-32(38-9-5-3-6-10-38)44-26-40-21-23-42(28-46-40)48-30-36-17-13-34(14-18-36)25-35-15-19-37(20-16-35)31-49-43-24-22-41(47-29-43)27-45-33(2)39-11-7-4-8-12-39/h3-24,26-29,32-33H,25,30-31H2,1-2H3/b44-26+,45-27+/t32-,33-/m1/s1. The van der Waals surface area contributed by atoms with Crippen LogP contribution in [0.1, 0.15) is 70.7 Å². The van der Waals surface area contributed by atoms with Crippen LogP contribution < -0.4 is 9.47 Å². The molecule has 2 atom stereocenters. The van der Waals surface area contributed by atoms with E-state index in [4.69, 9.17) is 9.47 Å². The molecule has 0 saturated heterocycles. The number of benzene rings is 4. The Kier molecular flexibility index (Phi) is 11.3. The Morgan fingerprint density at radius 2 is 0.878 bits per heavy atom. The smallest absolute Gasteiger partial charge is 0.138 e. The van der Waals surface area contributed by atoms with Crippen LogP contribution in [0.5, 0.6) is 11.5 Å². The number of aromatic nitrogens is 2. The van der Waals surface area contributed by atoms with Gasteiger partial charge in [-0.25, -0.2) is 0 Å². The molecule has 0 radical (unpaired) electrons. The number of pyridine rings is 2. The molecule has 4 aromatic carbocycles. The summed E-state index contributed by atoms with van der Waals surface area (Å²) in [6.07, 6.45) is 7.97. The van der Waals surface area contributed by atoms with Gasteiger partial charge in [-0.05, 0) is 77.9 Å². The molecule has 49 heavy (non-hydrogen) atoms. The van der Waals surface area contributed by atoms with Gasteiger partial charge in [0, 0.05) is 12.4 Å². The van der Waals surface area contributed by atoms with Crippen molar-refractivity contribution in [2.45, 2.75) is 45.6 Å². The van der Waals surface area contributed by atoms with Gasteiger partial charge in [0.2, 0.25) is 0 Å². The van der Waals surface area contributed by atoms with E-state index >= 15 is 0 Å². The predicted octanol–water partition coefficient (Wildman–Crippen LogP) is 9.59. The van der Waals surface area contributed by atoms with Crippen LogP contribution in [0, 0.1) is 0 Å². The summed E-state index contributed by atoms with van der Waals surface area (Å²) in [4.78, 5) is 18.2. The second-order valence-electron chi connectivity index (χ2n) is 12.0. The summed E-state index contributed by atoms with van der Waals surface area (Å²) < 4.78 is 12.0. The Morgan fingerprint density at radius 3 is 1.24 bits per heavy atom. The van der Waals surface area contributed by atoms with Crippen LogP contribution in [0.3, 0.4) is 0 Å². The summed E-state index contributed by atoms with van der Waals surface area (Å²) in [6, 6.07) is 45.4. The van der Waals surface area contributed by atoms with Crippen LogP contribution in [0.25, 0.3) is 0 Å². The topological polar surface area (TPSA) is 69.0 Å². The van der Waals surface area contributed by atoms with Gasteiger partial charge in [-0.15, -0.1) is 0 Å². The Labute approximate surface area is 288 Å². The summed E-state index contributed by atoms with van der Waals surface area (Å²) in [7, 11) is 0. The molecule has 6 heteroatoms. The minimum absolute atomic E-state index is 0.0788. The highest BCUT2D eigenvalue weighted by molar-refractivity contribution is 5.77. The lowest BCUT2D eigenvalue weighted by Gasteiger charge is -2.09. The Morgan fingerprint density at radius 1 is 0.490 bits per heavy atom. The molecule has 0 aliphatic rings. The molecule has 0 saturated carbocycles. The average molecular weight is 645 g/mol. The quantitative estimate of drug-likeness (QED) is 0.111. The van der Waals surface area contributed by atoms with Gasteiger partial charge in [0.25, 0.3) is 0 Å². The van der Waals surface area contributed by atoms with E-state index in [1.165, 1.54) is 22.3 Å². The zero-order valence-electron chi connectivity index (χ0n) is 27.9. The van der Waals surface area contributed by atoms with Gasteiger partial charge in [-0.2, -0.15) is 0 Å². The van der Waals surface area contributed by atoms with Crippen LogP contribution in [-0.4, -0.2) is 22.4 Å². The molecular formula is C43H40N4O2. The fourth-order valence-corrected chi connectivity index (χ4v) is 5.19. The molecule has 244 valence electrons. The van der Waals surface area contributed by atoms with Crippen molar-refractivity contribution >= 4 is 12.4 Å². The van der Waals surface area contributed by atoms with E-state index in [0.717, 1.165) is 40.4 Å². The summed E-state index contributed by atoms with van der Waals surface area (Å²) in [5, 5.41) is 0. The van der Waals surface area contributed by atoms with Gasteiger partial charge >= 0.3 is 0 Å². The lowest BCUT2D eigenvalue weighted by molar-refractivity contribution is 0.305. The van der Waals surface area contributed by atoms with Crippen LogP contribution >= 0.6 is 0 Å². The molecule has 2 heterocycles. The number of hydrogen-bond donors (Lipinski definition) is 0. The third-order valence-electron chi connectivity index (χ3n) is 8.21. The molecule has 0 N–H and O–H groups in total. The summed E-state index contributed by atoms with van der Waals surface area (Å²) in [5.41, 5.74) is 8.67. The monoisotopic (exact) mass is 644 g/mol. The van der Waals surface area contributed by atoms with Crippen LogP contribution in [0.2, 0.25) is 0 Å². The normalized spacial score (nSPS) is 12.6. The molecule has 6 nitrogen and oxygen atoms in total. The molecule has 0 amide bonds. The fourth-order valence-electron chi connectivity index (χ4n) is 5.19. The first-order valence-corrected chi connectivity index (χ1v) is 16.6. The Hall–Kier alpha value is -5.88. The average Bonchev–Trinajstić information content (AvgIpc) is 3.17. The van der Waals surface area contributed by atoms with Crippen LogP contribution in [0.4, 0.5) is 0 Å². The van der Waals surface area contributed by atoms with Gasteiger partial charge in [0.15, 0.2) is 0 Å². The first kappa shape index (κ1) is 33.0. The second-order valence-corrected chi connectivity index (χ2v) is 12.0. The van der Waals surface area contributed by atoms with Crippen molar-refractivity contribution in [1.82, 2.24) is 9.97 Å². The molecular weight excluding hydrogens is 604 g/mol. The van der Waals surface area contributed by atoms with Gasteiger partial charge in [0.05, 0.1) is 35.9 Å². The lowest BCUT2D eigenvalue weighted by Crippen LogP contribution is -1.98. The van der Waals surface area contributed by atoms with Crippen LogP contribution in [0.15, 0.2) is 156 Å². The molecule has 6 aromatic rings. The number of hydrogen-bond acceptors (Lipinski definition) is 6.